The van der Waals surface area contributed by atoms with Crippen molar-refractivity contribution in [2.45, 2.75) is 30.6 Å². The first-order chi connectivity index (χ1) is 14.5. The van der Waals surface area contributed by atoms with E-state index in [0.717, 1.165) is 19.3 Å². The van der Waals surface area contributed by atoms with Crippen molar-refractivity contribution in [1.29, 1.82) is 0 Å². The van der Waals surface area contributed by atoms with Crippen LogP contribution in [0, 0.1) is 5.41 Å². The van der Waals surface area contributed by atoms with E-state index in [1.807, 2.05) is 28.6 Å². The second-order valence-corrected chi connectivity index (χ2v) is 9.41. The predicted octanol–water partition coefficient (Wildman–Crippen LogP) is 3.95. The van der Waals surface area contributed by atoms with E-state index >= 15 is 0 Å². The lowest BCUT2D eigenvalue weighted by molar-refractivity contribution is -0.116. The van der Waals surface area contributed by atoms with Crippen LogP contribution in [0.25, 0.3) is 0 Å². The van der Waals surface area contributed by atoms with E-state index in [-0.39, 0.29) is 11.2 Å². The summed E-state index contributed by atoms with van der Waals surface area (Å²) in [6, 6.07) is 15.7. The van der Waals surface area contributed by atoms with Gasteiger partial charge in [-0.25, -0.2) is 0 Å². The number of ether oxygens (including phenoxy) is 2. The van der Waals surface area contributed by atoms with Gasteiger partial charge in [0, 0.05) is 24.4 Å². The van der Waals surface area contributed by atoms with Gasteiger partial charge in [0.25, 0.3) is 0 Å². The van der Waals surface area contributed by atoms with Gasteiger partial charge in [0.05, 0.1) is 32.1 Å². The van der Waals surface area contributed by atoms with E-state index in [2.05, 4.69) is 12.1 Å². The van der Waals surface area contributed by atoms with E-state index in [1.54, 1.807) is 32.4 Å². The van der Waals surface area contributed by atoms with E-state index < -0.39 is 11.4 Å². The highest BCUT2D eigenvalue weighted by Crippen LogP contribution is 2.46. The van der Waals surface area contributed by atoms with Crippen LogP contribution in [0.3, 0.4) is 0 Å². The average Bonchev–Trinajstić information content (AvgIpc) is 2.78. The number of carbonyl (C=O) groups is 1. The fourth-order valence-corrected chi connectivity index (χ4v) is 6.01. The first-order valence-electron chi connectivity index (χ1n) is 10.2. The van der Waals surface area contributed by atoms with Crippen molar-refractivity contribution in [3.05, 3.63) is 65.7 Å². The van der Waals surface area contributed by atoms with Gasteiger partial charge in [0.15, 0.2) is 11.5 Å². The molecule has 0 radical (unpaired) electrons. The summed E-state index contributed by atoms with van der Waals surface area (Å²) in [6.07, 6.45) is 4.76. The Hall–Kier alpha value is -2.28. The molecule has 1 aliphatic heterocycles. The van der Waals surface area contributed by atoms with Gasteiger partial charge in [-0.1, -0.05) is 35.9 Å². The Labute approximate surface area is 181 Å². The van der Waals surface area contributed by atoms with E-state index in [9.17, 15) is 9.35 Å². The first-order valence-corrected chi connectivity index (χ1v) is 11.3. The van der Waals surface area contributed by atoms with Crippen LogP contribution in [0.4, 0.5) is 0 Å². The van der Waals surface area contributed by atoms with Crippen LogP contribution in [0.2, 0.25) is 0 Å². The minimum Gasteiger partial charge on any atom is -0.593 e. The molecular formula is C24H27NO4S. The van der Waals surface area contributed by atoms with Crippen molar-refractivity contribution in [3.8, 4) is 11.5 Å². The summed E-state index contributed by atoms with van der Waals surface area (Å²) in [5.41, 5.74) is 2.27. The smallest absolute Gasteiger partial charge is 0.219 e. The molecule has 0 spiro atoms. The lowest BCUT2D eigenvalue weighted by atomic mass is 9.66. The molecule has 0 N–H and O–H groups in total. The summed E-state index contributed by atoms with van der Waals surface area (Å²) < 4.78 is 26.4. The number of fused-ring (bicyclic) bond motifs is 1. The van der Waals surface area contributed by atoms with Crippen LogP contribution in [0.15, 0.2) is 65.1 Å². The average molecular weight is 426 g/mol. The van der Waals surface area contributed by atoms with Crippen molar-refractivity contribution < 1.29 is 18.8 Å². The molecule has 2 unspecified atom stereocenters. The van der Waals surface area contributed by atoms with Crippen LogP contribution < -0.4 is 9.47 Å². The van der Waals surface area contributed by atoms with Gasteiger partial charge in [0.2, 0.25) is 4.90 Å². The monoisotopic (exact) mass is 425 g/mol. The lowest BCUT2D eigenvalue weighted by Crippen LogP contribution is -2.49. The van der Waals surface area contributed by atoms with Gasteiger partial charge in [0.1, 0.15) is 5.75 Å². The van der Waals surface area contributed by atoms with Gasteiger partial charge in [-0.05, 0) is 43.0 Å². The van der Waals surface area contributed by atoms with Crippen molar-refractivity contribution in [2.75, 3.05) is 27.3 Å². The zero-order valence-corrected chi connectivity index (χ0v) is 18.2. The van der Waals surface area contributed by atoms with E-state index in [0.29, 0.717) is 35.9 Å². The molecule has 2 aromatic rings. The number of nitrogens with zero attached hydrogens (tertiary/aromatic N) is 1. The topological polar surface area (TPSA) is 61.8 Å². The quantitative estimate of drug-likeness (QED) is 0.656. The molecule has 1 aliphatic carbocycles. The SMILES string of the molecule is COc1ccc(OC)c([S+]([O-])N2CCC3=CC(=O)CCC3(Cc3ccccc3)C2)c1. The number of hydrogen-bond donors (Lipinski definition) is 0. The Bertz CT molecular complexity index is 945. The fraction of sp³-hybridized carbons (Fsp3) is 0.375. The standard InChI is InChI=1S/C24H27NO4S/c1-28-21-8-9-22(29-2)23(15-21)30(27)25-13-11-19-14-20(26)10-12-24(19,17-25)16-18-6-4-3-5-7-18/h3-9,14-15H,10-13,16-17H2,1-2H3. The van der Waals surface area contributed by atoms with Crippen LogP contribution in [-0.2, 0) is 22.6 Å². The molecule has 6 heteroatoms. The molecule has 1 saturated heterocycles. The molecule has 0 saturated carbocycles. The number of hydrogen-bond acceptors (Lipinski definition) is 5. The third-order valence-electron chi connectivity index (χ3n) is 6.15. The van der Waals surface area contributed by atoms with Gasteiger partial charge in [-0.3, -0.25) is 4.79 Å². The summed E-state index contributed by atoms with van der Waals surface area (Å²) in [4.78, 5) is 12.7. The molecular weight excluding hydrogens is 398 g/mol. The van der Waals surface area contributed by atoms with Crippen LogP contribution in [0.1, 0.15) is 24.8 Å². The molecule has 2 atom stereocenters. The van der Waals surface area contributed by atoms with Crippen LogP contribution in [-0.4, -0.2) is 42.0 Å². The molecule has 0 amide bonds. The maximum Gasteiger partial charge on any atom is 0.219 e. The van der Waals surface area contributed by atoms with Crippen LogP contribution in [0.5, 0.6) is 11.5 Å². The van der Waals surface area contributed by atoms with E-state index in [4.69, 9.17) is 9.47 Å². The molecule has 158 valence electrons. The lowest BCUT2D eigenvalue weighted by Gasteiger charge is -2.45. The largest absolute Gasteiger partial charge is 0.593 e. The summed E-state index contributed by atoms with van der Waals surface area (Å²) in [5, 5.41) is 0. The van der Waals surface area contributed by atoms with Crippen molar-refractivity contribution in [3.63, 3.8) is 0 Å². The number of piperidine rings is 1. The number of rotatable bonds is 6. The van der Waals surface area contributed by atoms with Gasteiger partial charge < -0.3 is 14.0 Å². The molecule has 0 bridgehead atoms. The fourth-order valence-electron chi connectivity index (χ4n) is 4.57. The maximum absolute atomic E-state index is 13.6. The van der Waals surface area contributed by atoms with Crippen molar-refractivity contribution in [1.82, 2.24) is 4.31 Å². The minimum atomic E-state index is -1.38. The highest BCUT2D eigenvalue weighted by molar-refractivity contribution is 7.89. The molecule has 2 aliphatic rings. The second kappa shape index (κ2) is 8.84. The first kappa shape index (κ1) is 21.0. The molecule has 1 fully saturated rings. The number of methoxy groups -OCH3 is 2. The summed E-state index contributed by atoms with van der Waals surface area (Å²) in [7, 11) is 3.18. The zero-order valence-electron chi connectivity index (χ0n) is 17.4. The Morgan fingerprint density at radius 2 is 1.90 bits per heavy atom. The summed E-state index contributed by atoms with van der Waals surface area (Å²) in [5.74, 6) is 1.45. The number of ketones is 1. The van der Waals surface area contributed by atoms with Gasteiger partial charge in [-0.15, -0.1) is 4.31 Å². The molecule has 2 aromatic carbocycles. The van der Waals surface area contributed by atoms with E-state index in [1.165, 1.54) is 11.1 Å². The predicted molar refractivity (Wildman–Crippen MR) is 117 cm³/mol. The molecule has 1 heterocycles. The normalized spacial score (nSPS) is 22.8. The number of allylic oxidation sites excluding steroid dienone is 1. The Morgan fingerprint density at radius 3 is 2.63 bits per heavy atom. The second-order valence-electron chi connectivity index (χ2n) is 7.96. The Balaban J connectivity index is 1.65. The minimum absolute atomic E-state index is 0.171. The van der Waals surface area contributed by atoms with Crippen molar-refractivity contribution >= 4 is 17.1 Å². The van der Waals surface area contributed by atoms with Gasteiger partial charge in [-0.2, -0.15) is 0 Å². The Morgan fingerprint density at radius 1 is 1.10 bits per heavy atom. The van der Waals surface area contributed by atoms with Gasteiger partial charge >= 0.3 is 0 Å². The highest BCUT2D eigenvalue weighted by atomic mass is 32.2. The highest BCUT2D eigenvalue weighted by Gasteiger charge is 2.45. The zero-order chi connectivity index (χ0) is 21.1. The molecule has 5 nitrogen and oxygen atoms in total. The molecule has 0 aromatic heterocycles. The third kappa shape index (κ3) is 4.13. The summed E-state index contributed by atoms with van der Waals surface area (Å²) in [6.45, 7) is 1.29. The Kier molecular flexibility index (Phi) is 6.18. The van der Waals surface area contributed by atoms with Crippen molar-refractivity contribution in [2.24, 2.45) is 5.41 Å². The maximum atomic E-state index is 13.6. The number of benzene rings is 2. The molecule has 4 rings (SSSR count). The third-order valence-corrected chi connectivity index (χ3v) is 7.63. The number of carbonyl (C=O) groups excluding carboxylic acids is 1. The van der Waals surface area contributed by atoms with Crippen LogP contribution >= 0.6 is 0 Å². The summed E-state index contributed by atoms with van der Waals surface area (Å²) >= 11 is -1.38. The molecule has 30 heavy (non-hydrogen) atoms.